The highest BCUT2D eigenvalue weighted by molar-refractivity contribution is 7.10. The topological polar surface area (TPSA) is 15.3 Å². The van der Waals surface area contributed by atoms with Crippen LogP contribution in [0.5, 0.6) is 0 Å². The van der Waals surface area contributed by atoms with Crippen LogP contribution < -0.4 is 5.32 Å². The Hall–Kier alpha value is -0.380. The maximum absolute atomic E-state index is 3.60. The van der Waals surface area contributed by atoms with E-state index in [9.17, 15) is 0 Å². The molecule has 2 rings (SSSR count). The largest absolute Gasteiger partial charge is 0.310 e. The van der Waals surface area contributed by atoms with E-state index in [1.54, 1.807) is 0 Å². The molecule has 1 atom stereocenters. The molecule has 0 spiro atoms. The molecule has 1 aromatic rings. The third-order valence-corrected chi connectivity index (χ3v) is 4.56. The van der Waals surface area contributed by atoms with Crippen molar-refractivity contribution in [1.29, 1.82) is 0 Å². The maximum Gasteiger partial charge on any atom is 0.0303 e. The number of nitrogens with zero attached hydrogens (tertiary/aromatic N) is 1. The summed E-state index contributed by atoms with van der Waals surface area (Å²) < 4.78 is 0. The molecule has 1 aliphatic rings. The Balaban J connectivity index is 1.74. The second-order valence-corrected chi connectivity index (χ2v) is 5.58. The number of likely N-dealkylation sites (tertiary alicyclic amines) is 1. The van der Waals surface area contributed by atoms with Crippen molar-refractivity contribution in [2.45, 2.75) is 39.3 Å². The van der Waals surface area contributed by atoms with Gasteiger partial charge in [0.15, 0.2) is 0 Å². The van der Waals surface area contributed by atoms with Crippen LogP contribution in [0.4, 0.5) is 0 Å². The van der Waals surface area contributed by atoms with Crippen molar-refractivity contribution in [2.24, 2.45) is 0 Å². The Bertz CT molecular complexity index is 321. The third kappa shape index (κ3) is 2.84. The van der Waals surface area contributed by atoms with Crippen LogP contribution in [0.2, 0.25) is 0 Å². The lowest BCUT2D eigenvalue weighted by atomic mass is 10.2. The minimum absolute atomic E-state index is 0.769. The molecule has 0 radical (unpaired) electrons. The Labute approximate surface area is 103 Å². The summed E-state index contributed by atoms with van der Waals surface area (Å²) in [6.45, 7) is 9.14. The van der Waals surface area contributed by atoms with Gasteiger partial charge in [-0.15, -0.1) is 11.3 Å². The van der Waals surface area contributed by atoms with Crippen LogP contribution in [0.25, 0.3) is 0 Å². The van der Waals surface area contributed by atoms with E-state index >= 15 is 0 Å². The summed E-state index contributed by atoms with van der Waals surface area (Å²) in [4.78, 5) is 4.08. The number of thiophene rings is 1. The van der Waals surface area contributed by atoms with Crippen LogP contribution in [-0.4, -0.2) is 30.6 Å². The van der Waals surface area contributed by atoms with E-state index in [4.69, 9.17) is 0 Å². The summed E-state index contributed by atoms with van der Waals surface area (Å²) in [7, 11) is 0. The Morgan fingerprint density at radius 3 is 3.12 bits per heavy atom. The van der Waals surface area contributed by atoms with Gasteiger partial charge in [0.2, 0.25) is 0 Å². The summed E-state index contributed by atoms with van der Waals surface area (Å²) in [6, 6.07) is 2.97. The van der Waals surface area contributed by atoms with Crippen LogP contribution in [0, 0.1) is 6.92 Å². The monoisotopic (exact) mass is 238 g/mol. The van der Waals surface area contributed by atoms with Crippen molar-refractivity contribution in [2.75, 3.05) is 19.6 Å². The maximum atomic E-state index is 3.60. The lowest BCUT2D eigenvalue weighted by molar-refractivity contribution is 0.260. The predicted molar refractivity (Wildman–Crippen MR) is 71.0 cm³/mol. The molecule has 2 nitrogen and oxygen atoms in total. The molecule has 90 valence electrons. The lowest BCUT2D eigenvalue weighted by Gasteiger charge is -2.22. The van der Waals surface area contributed by atoms with Gasteiger partial charge in [0.05, 0.1) is 0 Å². The highest BCUT2D eigenvalue weighted by Gasteiger charge is 2.22. The summed E-state index contributed by atoms with van der Waals surface area (Å²) >= 11 is 1.86. The summed E-state index contributed by atoms with van der Waals surface area (Å²) in [5, 5.41) is 5.78. The van der Waals surface area contributed by atoms with E-state index < -0.39 is 0 Å². The molecule has 1 N–H and O–H groups in total. The summed E-state index contributed by atoms with van der Waals surface area (Å²) in [5.41, 5.74) is 1.43. The van der Waals surface area contributed by atoms with E-state index in [0.29, 0.717) is 0 Å². The minimum atomic E-state index is 0.769. The second-order valence-electron chi connectivity index (χ2n) is 4.58. The quantitative estimate of drug-likeness (QED) is 0.848. The fourth-order valence-electron chi connectivity index (χ4n) is 2.48. The van der Waals surface area contributed by atoms with E-state index in [0.717, 1.165) is 19.1 Å². The van der Waals surface area contributed by atoms with Gasteiger partial charge in [-0.25, -0.2) is 0 Å². The molecule has 1 fully saturated rings. The number of hydrogen-bond donors (Lipinski definition) is 1. The molecule has 3 heteroatoms. The fraction of sp³-hybridized carbons (Fsp3) is 0.692. The predicted octanol–water partition coefficient (Wildman–Crippen LogP) is 2.63. The molecule has 0 bridgehead atoms. The Morgan fingerprint density at radius 1 is 1.56 bits per heavy atom. The van der Waals surface area contributed by atoms with Gasteiger partial charge in [-0.3, -0.25) is 4.90 Å². The van der Waals surface area contributed by atoms with E-state index in [1.807, 2.05) is 11.3 Å². The van der Waals surface area contributed by atoms with Crippen LogP contribution in [0.3, 0.4) is 0 Å². The third-order valence-electron chi connectivity index (χ3n) is 3.54. The molecule has 0 aromatic carbocycles. The average molecular weight is 238 g/mol. The highest BCUT2D eigenvalue weighted by atomic mass is 32.1. The minimum Gasteiger partial charge on any atom is -0.310 e. The molecule has 1 saturated heterocycles. The zero-order valence-corrected chi connectivity index (χ0v) is 11.1. The number of likely N-dealkylation sites (N-methyl/N-ethyl adjacent to an activating group) is 1. The van der Waals surface area contributed by atoms with Crippen molar-refractivity contribution in [3.63, 3.8) is 0 Å². The Kier molecular flexibility index (Phi) is 4.38. The first-order valence-corrected chi connectivity index (χ1v) is 7.17. The zero-order chi connectivity index (χ0) is 11.4. The van der Waals surface area contributed by atoms with Crippen molar-refractivity contribution >= 4 is 11.3 Å². The number of hydrogen-bond acceptors (Lipinski definition) is 3. The molecular weight excluding hydrogens is 216 g/mol. The molecular formula is C13H22N2S. The van der Waals surface area contributed by atoms with Crippen molar-refractivity contribution in [1.82, 2.24) is 10.2 Å². The summed E-state index contributed by atoms with van der Waals surface area (Å²) in [5.74, 6) is 0. The molecule has 1 aromatic heterocycles. The fourth-order valence-corrected chi connectivity index (χ4v) is 3.36. The number of rotatable bonds is 5. The van der Waals surface area contributed by atoms with Crippen LogP contribution in [0.15, 0.2) is 11.4 Å². The molecule has 1 aliphatic heterocycles. The van der Waals surface area contributed by atoms with Gasteiger partial charge < -0.3 is 5.32 Å². The van der Waals surface area contributed by atoms with Gasteiger partial charge >= 0.3 is 0 Å². The van der Waals surface area contributed by atoms with Gasteiger partial charge in [0, 0.05) is 24.0 Å². The first kappa shape index (κ1) is 12.1. The van der Waals surface area contributed by atoms with Crippen LogP contribution >= 0.6 is 11.3 Å². The van der Waals surface area contributed by atoms with E-state index in [1.165, 1.54) is 36.4 Å². The van der Waals surface area contributed by atoms with Gasteiger partial charge in [0.25, 0.3) is 0 Å². The molecule has 0 aliphatic carbocycles. The first-order valence-electron chi connectivity index (χ1n) is 6.29. The second kappa shape index (κ2) is 5.80. The van der Waals surface area contributed by atoms with Gasteiger partial charge in [-0.1, -0.05) is 6.92 Å². The summed E-state index contributed by atoms with van der Waals surface area (Å²) in [6.07, 6.45) is 2.74. The van der Waals surface area contributed by atoms with Crippen molar-refractivity contribution in [3.8, 4) is 0 Å². The lowest BCUT2D eigenvalue weighted by Crippen LogP contribution is -2.37. The Morgan fingerprint density at radius 2 is 2.44 bits per heavy atom. The molecule has 16 heavy (non-hydrogen) atoms. The van der Waals surface area contributed by atoms with Crippen molar-refractivity contribution in [3.05, 3.63) is 21.9 Å². The molecule has 0 saturated carbocycles. The van der Waals surface area contributed by atoms with Gasteiger partial charge in [-0.2, -0.15) is 0 Å². The number of aryl methyl sites for hydroxylation is 1. The molecule has 0 amide bonds. The smallest absolute Gasteiger partial charge is 0.0303 e. The molecule has 0 unspecified atom stereocenters. The van der Waals surface area contributed by atoms with Crippen LogP contribution in [0.1, 0.15) is 30.2 Å². The van der Waals surface area contributed by atoms with Gasteiger partial charge in [-0.05, 0) is 49.9 Å². The van der Waals surface area contributed by atoms with Gasteiger partial charge in [0.1, 0.15) is 0 Å². The first-order chi connectivity index (χ1) is 7.81. The SMILES string of the molecule is CCN1CCC[C@@H]1CNCc1sccc1C. The van der Waals surface area contributed by atoms with Crippen molar-refractivity contribution < 1.29 is 0 Å². The van der Waals surface area contributed by atoms with E-state index in [-0.39, 0.29) is 0 Å². The number of nitrogens with one attached hydrogen (secondary N) is 1. The highest BCUT2D eigenvalue weighted by Crippen LogP contribution is 2.17. The normalized spacial score (nSPS) is 21.8. The van der Waals surface area contributed by atoms with Crippen LogP contribution in [-0.2, 0) is 6.54 Å². The standard InChI is InChI=1S/C13H22N2S/c1-3-15-7-4-5-12(15)9-14-10-13-11(2)6-8-16-13/h6,8,12,14H,3-5,7,9-10H2,1-2H3/t12-/m1/s1. The average Bonchev–Trinajstić information content (AvgIpc) is 2.88. The van der Waals surface area contributed by atoms with E-state index in [2.05, 4.69) is 35.5 Å². The molecule has 2 heterocycles. The zero-order valence-electron chi connectivity index (χ0n) is 10.3.